The fourth-order valence-corrected chi connectivity index (χ4v) is 2.62. The van der Waals surface area contributed by atoms with Gasteiger partial charge in [-0.1, -0.05) is 86.3 Å². The predicted molar refractivity (Wildman–Crippen MR) is 110 cm³/mol. The van der Waals surface area contributed by atoms with Gasteiger partial charge < -0.3 is 0 Å². The van der Waals surface area contributed by atoms with Crippen LogP contribution in [-0.4, -0.2) is 0 Å². The maximum absolute atomic E-state index is 4.10. The molecule has 0 fully saturated rings. The van der Waals surface area contributed by atoms with Crippen LogP contribution >= 0.6 is 0 Å². The predicted octanol–water partition coefficient (Wildman–Crippen LogP) is 8.38. The van der Waals surface area contributed by atoms with Crippen molar-refractivity contribution < 1.29 is 0 Å². The van der Waals surface area contributed by atoms with Crippen LogP contribution < -0.4 is 0 Å². The third kappa shape index (κ3) is 9.07. The molecule has 1 rings (SSSR count). The molecule has 0 aliphatic heterocycles. The average Bonchev–Trinajstić information content (AvgIpc) is 2.52. The van der Waals surface area contributed by atoms with Crippen LogP contribution in [0, 0.1) is 11.8 Å². The van der Waals surface area contributed by atoms with Gasteiger partial charge in [0, 0.05) is 5.92 Å². The lowest BCUT2D eigenvalue weighted by atomic mass is 9.73. The van der Waals surface area contributed by atoms with Gasteiger partial charge in [-0.15, -0.1) is 6.58 Å². The average molecular weight is 309 g/mol. The topological polar surface area (TPSA) is 0 Å². The first-order chi connectivity index (χ1) is 9.99. The van der Waals surface area contributed by atoms with Gasteiger partial charge in [-0.3, -0.25) is 0 Å². The summed E-state index contributed by atoms with van der Waals surface area (Å²) in [5, 5.41) is 0. The highest BCUT2D eigenvalue weighted by Crippen LogP contribution is 2.40. The minimum atomic E-state index is 0. The van der Waals surface area contributed by atoms with Gasteiger partial charge in [-0.25, -0.2) is 0 Å². The Hall–Kier alpha value is -1.04. The lowest BCUT2D eigenvalue weighted by Crippen LogP contribution is -2.18. The Morgan fingerprint density at radius 1 is 0.864 bits per heavy atom. The van der Waals surface area contributed by atoms with E-state index in [1.165, 1.54) is 35.1 Å². The van der Waals surface area contributed by atoms with E-state index in [2.05, 4.69) is 46.6 Å². The Balaban J connectivity index is -0.000000206. The Morgan fingerprint density at radius 2 is 1.23 bits per heavy atom. The summed E-state index contributed by atoms with van der Waals surface area (Å²) in [5.41, 5.74) is 5.16. The molecule has 0 saturated carbocycles. The van der Waals surface area contributed by atoms with Crippen LogP contribution in [0.1, 0.15) is 82.6 Å². The molecule has 0 heterocycles. The van der Waals surface area contributed by atoms with Gasteiger partial charge in [0.2, 0.25) is 0 Å². The van der Waals surface area contributed by atoms with Gasteiger partial charge in [0.15, 0.2) is 0 Å². The summed E-state index contributed by atoms with van der Waals surface area (Å²) in [4.78, 5) is 0. The molecule has 0 saturated heterocycles. The van der Waals surface area contributed by atoms with Crippen molar-refractivity contribution in [3.63, 3.8) is 0 Å². The van der Waals surface area contributed by atoms with E-state index in [0.29, 0.717) is 11.8 Å². The Labute approximate surface area is 143 Å². The zero-order chi connectivity index (χ0) is 17.6. The second-order valence-corrected chi connectivity index (χ2v) is 4.71. The molecule has 0 aromatic heterocycles. The molecule has 132 valence electrons. The molecule has 2 atom stereocenters. The van der Waals surface area contributed by atoms with Crippen LogP contribution in [-0.2, 0) is 0 Å². The molecule has 0 aromatic carbocycles. The van der Waals surface area contributed by atoms with Gasteiger partial charge >= 0.3 is 0 Å². The van der Waals surface area contributed by atoms with Crippen LogP contribution in [0.25, 0.3) is 0 Å². The van der Waals surface area contributed by atoms with Crippen molar-refractivity contribution in [3.8, 4) is 0 Å². The highest BCUT2D eigenvalue weighted by molar-refractivity contribution is 5.46. The summed E-state index contributed by atoms with van der Waals surface area (Å²) in [6.45, 7) is 30.6. The van der Waals surface area contributed by atoms with E-state index >= 15 is 0 Å². The molecule has 0 aromatic rings. The molecule has 1 aliphatic rings. The Morgan fingerprint density at radius 3 is 1.50 bits per heavy atom. The van der Waals surface area contributed by atoms with Crippen molar-refractivity contribution in [2.24, 2.45) is 11.8 Å². The zero-order valence-electron chi connectivity index (χ0n) is 16.3. The molecule has 0 N–H and O–H groups in total. The maximum atomic E-state index is 4.10. The first-order valence-electron chi connectivity index (χ1n) is 8.67. The summed E-state index contributed by atoms with van der Waals surface area (Å²) >= 11 is 0. The minimum absolute atomic E-state index is 0. The summed E-state index contributed by atoms with van der Waals surface area (Å²) in [6.07, 6.45) is 4.48. The standard InChI is InChI=1S/C15H22.3C2H6.CH4/c1-7-13-9-8-12(6)14(10(2)3)15(13)11(4)5;3*1-2;/h7,12-13H,1-2,4,8-9H2,3,5-6H3;3*1-2H3;1H4. The fraction of sp³-hybridized carbons (Fsp3) is 0.636. The Kier molecular flexibility index (Phi) is 23.8. The fourth-order valence-electron chi connectivity index (χ4n) is 2.62. The van der Waals surface area contributed by atoms with Crippen LogP contribution in [0.5, 0.6) is 0 Å². The number of hydrogen-bond donors (Lipinski definition) is 0. The van der Waals surface area contributed by atoms with Gasteiger partial charge in [-0.05, 0) is 43.8 Å². The van der Waals surface area contributed by atoms with Crippen LogP contribution in [0.4, 0.5) is 0 Å². The zero-order valence-corrected chi connectivity index (χ0v) is 16.3. The maximum Gasteiger partial charge on any atom is 0.00208 e. The first-order valence-corrected chi connectivity index (χ1v) is 8.67. The SMILES string of the molecule is C.C=CC1CCC(C)C(C(=C)C)=C1C(=C)C.CC.CC.CC. The molecular formula is C22H44. The van der Waals surface area contributed by atoms with Crippen molar-refractivity contribution in [1.29, 1.82) is 0 Å². The highest BCUT2D eigenvalue weighted by Gasteiger charge is 2.26. The minimum Gasteiger partial charge on any atom is -0.102 e. The molecule has 2 unspecified atom stereocenters. The largest absolute Gasteiger partial charge is 0.102 e. The highest BCUT2D eigenvalue weighted by atomic mass is 14.3. The lowest BCUT2D eigenvalue weighted by molar-refractivity contribution is 0.490. The Bertz CT molecular complexity index is 328. The molecule has 0 bridgehead atoms. The second kappa shape index (κ2) is 18.0. The van der Waals surface area contributed by atoms with E-state index in [9.17, 15) is 0 Å². The first kappa shape index (κ1) is 29.0. The molecule has 0 heteroatoms. The molecule has 0 radical (unpaired) electrons. The number of hydrogen-bond acceptors (Lipinski definition) is 0. The number of rotatable bonds is 3. The van der Waals surface area contributed by atoms with Crippen LogP contribution in [0.15, 0.2) is 48.1 Å². The summed E-state index contributed by atoms with van der Waals surface area (Å²) < 4.78 is 0. The molecule has 0 amide bonds. The van der Waals surface area contributed by atoms with E-state index in [0.717, 1.165) is 0 Å². The summed E-state index contributed by atoms with van der Waals surface area (Å²) in [7, 11) is 0. The van der Waals surface area contributed by atoms with Crippen molar-refractivity contribution in [1.82, 2.24) is 0 Å². The van der Waals surface area contributed by atoms with Crippen molar-refractivity contribution in [3.05, 3.63) is 48.1 Å². The molecule has 0 nitrogen and oxygen atoms in total. The molecule has 0 spiro atoms. The van der Waals surface area contributed by atoms with Gasteiger partial charge in [-0.2, -0.15) is 0 Å². The van der Waals surface area contributed by atoms with Gasteiger partial charge in [0.25, 0.3) is 0 Å². The van der Waals surface area contributed by atoms with E-state index in [1.807, 2.05) is 41.5 Å². The van der Waals surface area contributed by atoms with E-state index in [-0.39, 0.29) is 7.43 Å². The smallest absolute Gasteiger partial charge is 0.00208 e. The van der Waals surface area contributed by atoms with E-state index in [1.54, 1.807) is 0 Å². The van der Waals surface area contributed by atoms with Gasteiger partial charge in [0.1, 0.15) is 0 Å². The second-order valence-electron chi connectivity index (χ2n) is 4.71. The monoisotopic (exact) mass is 308 g/mol. The molecule has 1 aliphatic carbocycles. The number of allylic oxidation sites excluding steroid dienone is 5. The van der Waals surface area contributed by atoms with Crippen molar-refractivity contribution in [2.75, 3.05) is 0 Å². The van der Waals surface area contributed by atoms with Gasteiger partial charge in [0.05, 0.1) is 0 Å². The normalized spacial score (nSPS) is 18.8. The van der Waals surface area contributed by atoms with Crippen LogP contribution in [0.3, 0.4) is 0 Å². The van der Waals surface area contributed by atoms with Crippen molar-refractivity contribution in [2.45, 2.75) is 82.6 Å². The quantitative estimate of drug-likeness (QED) is 0.459. The molecule has 22 heavy (non-hydrogen) atoms. The molecular weight excluding hydrogens is 264 g/mol. The summed E-state index contributed by atoms with van der Waals surface area (Å²) in [6, 6.07) is 0. The van der Waals surface area contributed by atoms with E-state index < -0.39 is 0 Å². The van der Waals surface area contributed by atoms with Crippen molar-refractivity contribution >= 4 is 0 Å². The van der Waals surface area contributed by atoms with E-state index in [4.69, 9.17) is 0 Å². The summed E-state index contributed by atoms with van der Waals surface area (Å²) in [5.74, 6) is 1.09. The third-order valence-corrected chi connectivity index (χ3v) is 3.27. The van der Waals surface area contributed by atoms with Crippen LogP contribution in [0.2, 0.25) is 0 Å². The third-order valence-electron chi connectivity index (χ3n) is 3.27. The lowest BCUT2D eigenvalue weighted by Gasteiger charge is -2.32.